The molecule has 2 heterocycles. The van der Waals surface area contributed by atoms with Gasteiger partial charge in [-0.1, -0.05) is 18.2 Å². The Labute approximate surface area is 167 Å². The SMILES string of the molecule is [C-]#[N+]C1(c2ccc(OC)c3oc4ccccc4c23)CCc2ncn(C)c(=O)c2C1. The van der Waals surface area contributed by atoms with Crippen molar-refractivity contribution in [3.05, 3.63) is 81.3 Å². The first-order chi connectivity index (χ1) is 14.1. The van der Waals surface area contributed by atoms with Gasteiger partial charge in [0.2, 0.25) is 0 Å². The Bertz CT molecular complexity index is 1380. The number of methoxy groups -OCH3 is 1. The Kier molecular flexibility index (Phi) is 3.75. The molecule has 5 rings (SSSR count). The molecule has 0 amide bonds. The Morgan fingerprint density at radius 2 is 2.10 bits per heavy atom. The van der Waals surface area contributed by atoms with Gasteiger partial charge in [0.25, 0.3) is 11.1 Å². The lowest BCUT2D eigenvalue weighted by Gasteiger charge is -2.28. The number of fused-ring (bicyclic) bond motifs is 4. The van der Waals surface area contributed by atoms with Crippen molar-refractivity contribution in [1.29, 1.82) is 0 Å². The minimum absolute atomic E-state index is 0.0791. The first kappa shape index (κ1) is 17.5. The molecule has 0 bridgehead atoms. The molecule has 0 N–H and O–H groups in total. The average Bonchev–Trinajstić information content (AvgIpc) is 3.15. The summed E-state index contributed by atoms with van der Waals surface area (Å²) in [7, 11) is 3.30. The zero-order chi connectivity index (χ0) is 20.2. The highest BCUT2D eigenvalue weighted by Crippen LogP contribution is 2.46. The van der Waals surface area contributed by atoms with Crippen LogP contribution in [0.4, 0.5) is 0 Å². The highest BCUT2D eigenvalue weighted by molar-refractivity contribution is 6.09. The number of aryl methyl sites for hydroxylation is 2. The van der Waals surface area contributed by atoms with E-state index < -0.39 is 5.54 Å². The van der Waals surface area contributed by atoms with Crippen LogP contribution in [0.2, 0.25) is 0 Å². The van der Waals surface area contributed by atoms with Crippen molar-refractivity contribution in [3.8, 4) is 5.75 Å². The number of rotatable bonds is 2. The third-order valence-corrected chi connectivity index (χ3v) is 5.98. The topological polar surface area (TPSA) is 61.6 Å². The quantitative estimate of drug-likeness (QED) is 0.490. The summed E-state index contributed by atoms with van der Waals surface area (Å²) >= 11 is 0. The van der Waals surface area contributed by atoms with E-state index in [-0.39, 0.29) is 5.56 Å². The summed E-state index contributed by atoms with van der Waals surface area (Å²) < 4.78 is 13.1. The van der Waals surface area contributed by atoms with Gasteiger partial charge in [-0.2, -0.15) is 0 Å². The molecule has 0 saturated heterocycles. The third-order valence-electron chi connectivity index (χ3n) is 5.98. The van der Waals surface area contributed by atoms with E-state index in [2.05, 4.69) is 9.83 Å². The average molecular weight is 385 g/mol. The molecule has 144 valence electrons. The lowest BCUT2D eigenvalue weighted by Crippen LogP contribution is -2.36. The molecule has 0 saturated carbocycles. The number of hydrogen-bond donors (Lipinski definition) is 0. The van der Waals surface area contributed by atoms with E-state index in [9.17, 15) is 4.79 Å². The van der Waals surface area contributed by atoms with Gasteiger partial charge in [-0.25, -0.2) is 11.6 Å². The van der Waals surface area contributed by atoms with Crippen molar-refractivity contribution in [3.63, 3.8) is 0 Å². The Morgan fingerprint density at radius 1 is 1.28 bits per heavy atom. The Morgan fingerprint density at radius 3 is 2.90 bits per heavy atom. The molecule has 4 aromatic rings. The molecule has 6 nitrogen and oxygen atoms in total. The molecule has 2 aromatic heterocycles. The molecule has 1 atom stereocenters. The number of benzene rings is 2. The van der Waals surface area contributed by atoms with E-state index in [1.54, 1.807) is 20.5 Å². The van der Waals surface area contributed by atoms with Gasteiger partial charge in [0.05, 0.1) is 25.6 Å². The van der Waals surface area contributed by atoms with Gasteiger partial charge in [0.1, 0.15) is 5.58 Å². The van der Waals surface area contributed by atoms with Crippen molar-refractivity contribution in [1.82, 2.24) is 9.55 Å². The van der Waals surface area contributed by atoms with Gasteiger partial charge in [0, 0.05) is 35.4 Å². The lowest BCUT2D eigenvalue weighted by molar-refractivity contribution is 0.410. The van der Waals surface area contributed by atoms with Crippen LogP contribution in [0.1, 0.15) is 23.2 Å². The number of aromatic nitrogens is 2. The van der Waals surface area contributed by atoms with Crippen molar-refractivity contribution in [2.45, 2.75) is 24.8 Å². The summed E-state index contributed by atoms with van der Waals surface area (Å²) in [6.07, 6.45) is 3.09. The Hall–Kier alpha value is -3.59. The monoisotopic (exact) mass is 385 g/mol. The largest absolute Gasteiger partial charge is 0.493 e. The number of nitrogens with zero attached hydrogens (tertiary/aromatic N) is 3. The summed E-state index contributed by atoms with van der Waals surface area (Å²) in [5.41, 5.74) is 2.78. The smallest absolute Gasteiger partial charge is 0.262 e. The molecule has 1 unspecified atom stereocenters. The Balaban J connectivity index is 1.82. The predicted octanol–water partition coefficient (Wildman–Crippen LogP) is 3.99. The van der Waals surface area contributed by atoms with Crippen LogP contribution in [-0.2, 0) is 25.4 Å². The van der Waals surface area contributed by atoms with Crippen LogP contribution in [0.3, 0.4) is 0 Å². The highest BCUT2D eigenvalue weighted by atomic mass is 16.5. The van der Waals surface area contributed by atoms with Gasteiger partial charge in [-0.3, -0.25) is 4.79 Å². The second-order valence-corrected chi connectivity index (χ2v) is 7.52. The summed E-state index contributed by atoms with van der Waals surface area (Å²) in [6.45, 7) is 8.12. The molecule has 6 heteroatoms. The van der Waals surface area contributed by atoms with Crippen LogP contribution in [0.5, 0.6) is 5.75 Å². The maximum absolute atomic E-state index is 12.8. The minimum atomic E-state index is -0.848. The van der Waals surface area contributed by atoms with Crippen LogP contribution < -0.4 is 10.3 Å². The number of ether oxygens (including phenoxy) is 1. The standard InChI is InChI=1S/C23H19N3O3/c1-24-23(11-10-17-15(12-23)22(27)26(2)13-25-17)16-8-9-19(28-3)21-20(16)14-6-4-5-7-18(14)29-21/h4-9,13H,10-12H2,2-3H3. The van der Waals surface area contributed by atoms with Crippen molar-refractivity contribution >= 4 is 21.9 Å². The normalized spacial score (nSPS) is 18.5. The summed E-state index contributed by atoms with van der Waals surface area (Å²) in [5.74, 6) is 0.633. The molecular formula is C23H19N3O3. The molecule has 0 aliphatic heterocycles. The van der Waals surface area contributed by atoms with E-state index in [0.29, 0.717) is 36.2 Å². The summed E-state index contributed by atoms with van der Waals surface area (Å²) in [4.78, 5) is 21.3. The first-order valence-electron chi connectivity index (χ1n) is 9.49. The van der Waals surface area contributed by atoms with Crippen LogP contribution in [0.15, 0.2) is 51.9 Å². The maximum atomic E-state index is 12.8. The molecule has 1 aliphatic rings. The lowest BCUT2D eigenvalue weighted by atomic mass is 9.74. The van der Waals surface area contributed by atoms with Crippen LogP contribution >= 0.6 is 0 Å². The van der Waals surface area contributed by atoms with Gasteiger partial charge in [-0.15, -0.1) is 0 Å². The molecule has 2 aromatic carbocycles. The summed E-state index contributed by atoms with van der Waals surface area (Å²) in [6, 6.07) is 11.6. The van der Waals surface area contributed by atoms with E-state index in [1.807, 2.05) is 36.4 Å². The molecular weight excluding hydrogens is 366 g/mol. The van der Waals surface area contributed by atoms with E-state index >= 15 is 0 Å². The van der Waals surface area contributed by atoms with Crippen LogP contribution in [0.25, 0.3) is 26.8 Å². The third kappa shape index (κ3) is 2.40. The van der Waals surface area contributed by atoms with Gasteiger partial charge in [-0.05, 0) is 24.6 Å². The number of hydrogen-bond acceptors (Lipinski definition) is 4. The number of para-hydroxylation sites is 1. The van der Waals surface area contributed by atoms with E-state index in [1.165, 1.54) is 4.57 Å². The zero-order valence-corrected chi connectivity index (χ0v) is 16.2. The van der Waals surface area contributed by atoms with Crippen molar-refractivity contribution < 1.29 is 9.15 Å². The number of furan rings is 1. The van der Waals surface area contributed by atoms with Gasteiger partial charge >= 0.3 is 0 Å². The fourth-order valence-corrected chi connectivity index (χ4v) is 4.46. The zero-order valence-electron chi connectivity index (χ0n) is 16.2. The van der Waals surface area contributed by atoms with E-state index in [4.69, 9.17) is 15.7 Å². The highest BCUT2D eigenvalue weighted by Gasteiger charge is 2.46. The maximum Gasteiger partial charge on any atom is 0.262 e. The molecule has 0 fully saturated rings. The fourth-order valence-electron chi connectivity index (χ4n) is 4.46. The molecule has 1 aliphatic carbocycles. The summed E-state index contributed by atoms with van der Waals surface area (Å²) in [5, 5.41) is 1.84. The predicted molar refractivity (Wildman–Crippen MR) is 110 cm³/mol. The van der Waals surface area contributed by atoms with Crippen LogP contribution in [-0.4, -0.2) is 16.7 Å². The van der Waals surface area contributed by atoms with Gasteiger partial charge < -0.3 is 18.6 Å². The van der Waals surface area contributed by atoms with Crippen molar-refractivity contribution in [2.24, 2.45) is 7.05 Å². The van der Waals surface area contributed by atoms with Crippen LogP contribution in [0, 0.1) is 6.57 Å². The molecule has 0 radical (unpaired) electrons. The second-order valence-electron chi connectivity index (χ2n) is 7.52. The van der Waals surface area contributed by atoms with Crippen molar-refractivity contribution in [2.75, 3.05) is 7.11 Å². The fraction of sp³-hybridized carbons (Fsp3) is 0.261. The molecule has 0 spiro atoms. The first-order valence-corrected chi connectivity index (χ1v) is 9.49. The second kappa shape index (κ2) is 6.21. The van der Waals surface area contributed by atoms with E-state index in [0.717, 1.165) is 27.6 Å². The molecule has 29 heavy (non-hydrogen) atoms. The minimum Gasteiger partial charge on any atom is -0.493 e. The van der Waals surface area contributed by atoms with Gasteiger partial charge in [0.15, 0.2) is 11.3 Å².